The van der Waals surface area contributed by atoms with Gasteiger partial charge in [-0.25, -0.2) is 9.76 Å². The molecule has 1 N–H and O–H groups in total. The van der Waals surface area contributed by atoms with Crippen LogP contribution in [0.5, 0.6) is 0 Å². The van der Waals surface area contributed by atoms with Crippen LogP contribution >= 0.6 is 30.9 Å². The van der Waals surface area contributed by atoms with Crippen LogP contribution in [0.25, 0.3) is 0 Å². The average molecular weight is 425 g/mol. The third kappa shape index (κ3) is 6.47. The molecule has 0 radical (unpaired) electrons. The highest BCUT2D eigenvalue weighted by Crippen LogP contribution is 2.47. The second kappa shape index (κ2) is 11.6. The third-order valence-corrected chi connectivity index (χ3v) is 6.77. The minimum absolute atomic E-state index is 0.0423. The Morgan fingerprint density at radius 2 is 1.96 bits per heavy atom. The van der Waals surface area contributed by atoms with Crippen molar-refractivity contribution in [2.45, 2.75) is 19.3 Å². The van der Waals surface area contributed by atoms with Gasteiger partial charge in [0, 0.05) is 44.4 Å². The number of ether oxygens (including phenoxy) is 2. The molecule has 1 aliphatic rings. The maximum Gasteiger partial charge on any atom is 0.343 e. The first-order valence-corrected chi connectivity index (χ1v) is 11.3. The molecule has 0 saturated carbocycles. The second-order valence-electron chi connectivity index (χ2n) is 5.99. The normalized spacial score (nSPS) is 22.6. The van der Waals surface area contributed by atoms with E-state index in [9.17, 15) is 4.57 Å². The topological polar surface area (TPSA) is 60.0 Å². The molecule has 0 spiro atoms. The number of nitrogens with one attached hydrogen (secondary N) is 1. The molecule has 0 bridgehead atoms. The highest BCUT2D eigenvalue weighted by Gasteiger charge is 2.35. The largest absolute Gasteiger partial charge is 0.356 e. The van der Waals surface area contributed by atoms with Crippen molar-refractivity contribution < 1.29 is 18.6 Å². The van der Waals surface area contributed by atoms with Gasteiger partial charge in [-0.3, -0.25) is 4.57 Å². The van der Waals surface area contributed by atoms with E-state index in [0.29, 0.717) is 38.0 Å². The molecule has 1 aromatic rings. The van der Waals surface area contributed by atoms with Crippen LogP contribution in [0.4, 0.5) is 0 Å². The van der Waals surface area contributed by atoms with Crippen LogP contribution in [0.15, 0.2) is 30.3 Å². The molecule has 0 amide bonds. The minimum atomic E-state index is -3.31. The van der Waals surface area contributed by atoms with Crippen LogP contribution in [0.2, 0.25) is 0 Å². The van der Waals surface area contributed by atoms with Crippen LogP contribution in [0, 0.1) is 5.92 Å². The van der Waals surface area contributed by atoms with E-state index in [1.807, 2.05) is 30.3 Å². The number of hydrogen-bond acceptors (Lipinski definition) is 4. The van der Waals surface area contributed by atoms with Gasteiger partial charge in [0.15, 0.2) is 6.29 Å². The Balaban J connectivity index is 2.07. The summed E-state index contributed by atoms with van der Waals surface area (Å²) in [6.07, 6.45) is 0.481. The highest BCUT2D eigenvalue weighted by molar-refractivity contribution is 7.54. The number of hydrogen-bond donors (Lipinski definition) is 1. The number of benzene rings is 1. The molecule has 0 aromatic heterocycles. The first kappa shape index (κ1) is 22.1. The zero-order valence-electron chi connectivity index (χ0n) is 15.0. The summed E-state index contributed by atoms with van der Waals surface area (Å²) < 4.78 is 32.0. The predicted molar refractivity (Wildman–Crippen MR) is 105 cm³/mol. The van der Waals surface area contributed by atoms with E-state index in [1.165, 1.54) is 0 Å². The number of halogens is 2. The number of nitrogens with zero attached hydrogens (tertiary/aromatic N) is 1. The standard InChI is InChI=1S/C17H27Cl2N2O4P/c1-23-17-16(7-12-24-17)14-25-26(22,21(10-8-18)11-9-19)20-13-15-5-3-2-4-6-15/h2-6,16-17H,7-14H2,1H3,(H,20,22)/t16-,17+,26?/m0/s1. The van der Waals surface area contributed by atoms with Crippen LogP contribution in [0.3, 0.4) is 0 Å². The molecule has 9 heteroatoms. The Bertz CT molecular complexity index is 561. The summed E-state index contributed by atoms with van der Waals surface area (Å²) in [6.45, 7) is 2.15. The molecule has 1 saturated heterocycles. The second-order valence-corrected chi connectivity index (χ2v) is 8.93. The summed E-state index contributed by atoms with van der Waals surface area (Å²) in [6, 6.07) is 9.76. The van der Waals surface area contributed by atoms with Gasteiger partial charge in [0.05, 0.1) is 13.2 Å². The Morgan fingerprint density at radius 3 is 2.58 bits per heavy atom. The SMILES string of the molecule is CO[C@@H]1OCC[C@H]1COP(=O)(NCc1ccccc1)N(CCCl)CCCl. The molecule has 0 aliphatic carbocycles. The van der Waals surface area contributed by atoms with Gasteiger partial charge in [0.2, 0.25) is 0 Å². The molecule has 26 heavy (non-hydrogen) atoms. The van der Waals surface area contributed by atoms with E-state index in [2.05, 4.69) is 5.09 Å². The van der Waals surface area contributed by atoms with E-state index in [1.54, 1.807) is 11.8 Å². The Kier molecular flexibility index (Phi) is 9.89. The number of rotatable bonds is 12. The summed E-state index contributed by atoms with van der Waals surface area (Å²) in [5, 5.41) is 3.10. The van der Waals surface area contributed by atoms with E-state index < -0.39 is 7.67 Å². The molecule has 2 rings (SSSR count). The quantitative estimate of drug-likeness (QED) is 0.407. The van der Waals surface area contributed by atoms with Crippen molar-refractivity contribution in [2.24, 2.45) is 5.92 Å². The highest BCUT2D eigenvalue weighted by atomic mass is 35.5. The fraction of sp³-hybridized carbons (Fsp3) is 0.647. The molecule has 1 aromatic carbocycles. The van der Waals surface area contributed by atoms with E-state index in [0.717, 1.165) is 12.0 Å². The van der Waals surface area contributed by atoms with Crippen LogP contribution in [0.1, 0.15) is 12.0 Å². The van der Waals surface area contributed by atoms with Gasteiger partial charge in [0.25, 0.3) is 0 Å². The van der Waals surface area contributed by atoms with Gasteiger partial charge in [-0.15, -0.1) is 23.2 Å². The summed E-state index contributed by atoms with van der Waals surface area (Å²) in [5.41, 5.74) is 1.02. The molecule has 1 aliphatic heterocycles. The maximum absolute atomic E-state index is 13.6. The monoisotopic (exact) mass is 424 g/mol. The van der Waals surface area contributed by atoms with Crippen molar-refractivity contribution >= 4 is 30.9 Å². The molecular formula is C17H27Cl2N2O4P. The maximum atomic E-state index is 13.6. The average Bonchev–Trinajstić information content (AvgIpc) is 3.13. The molecule has 1 heterocycles. The van der Waals surface area contributed by atoms with Gasteiger partial charge >= 0.3 is 7.67 Å². The van der Waals surface area contributed by atoms with Crippen molar-refractivity contribution in [1.82, 2.24) is 9.76 Å². The molecule has 3 atom stereocenters. The van der Waals surface area contributed by atoms with Gasteiger partial charge in [-0.2, -0.15) is 0 Å². The smallest absolute Gasteiger partial charge is 0.343 e. The Morgan fingerprint density at radius 1 is 1.27 bits per heavy atom. The van der Waals surface area contributed by atoms with Crippen molar-refractivity contribution in [2.75, 3.05) is 45.2 Å². The third-order valence-electron chi connectivity index (χ3n) is 4.24. The first-order chi connectivity index (χ1) is 12.6. The molecule has 1 unspecified atom stereocenters. The minimum Gasteiger partial charge on any atom is -0.356 e. The summed E-state index contributed by atoms with van der Waals surface area (Å²) in [5.74, 6) is 0.718. The molecular weight excluding hydrogens is 398 g/mol. The lowest BCUT2D eigenvalue weighted by atomic mass is 10.1. The lowest BCUT2D eigenvalue weighted by Gasteiger charge is -2.31. The lowest BCUT2D eigenvalue weighted by molar-refractivity contribution is -0.115. The summed E-state index contributed by atoms with van der Waals surface area (Å²) in [7, 11) is -1.71. The zero-order chi connectivity index (χ0) is 18.8. The van der Waals surface area contributed by atoms with Crippen LogP contribution in [-0.2, 0) is 25.1 Å². The van der Waals surface area contributed by atoms with Crippen LogP contribution in [-0.4, -0.2) is 56.1 Å². The summed E-state index contributed by atoms with van der Waals surface area (Å²) in [4.78, 5) is 0. The van der Waals surface area contributed by atoms with E-state index in [-0.39, 0.29) is 18.8 Å². The molecule has 6 nitrogen and oxygen atoms in total. The van der Waals surface area contributed by atoms with Gasteiger partial charge < -0.3 is 14.0 Å². The van der Waals surface area contributed by atoms with Crippen molar-refractivity contribution in [3.63, 3.8) is 0 Å². The number of alkyl halides is 2. The molecule has 1 fully saturated rings. The summed E-state index contributed by atoms with van der Waals surface area (Å²) >= 11 is 11.8. The van der Waals surface area contributed by atoms with Crippen molar-refractivity contribution in [3.05, 3.63) is 35.9 Å². The van der Waals surface area contributed by atoms with Crippen LogP contribution < -0.4 is 5.09 Å². The van der Waals surface area contributed by atoms with E-state index >= 15 is 0 Å². The van der Waals surface area contributed by atoms with Gasteiger partial charge in [-0.1, -0.05) is 30.3 Å². The number of methoxy groups -OCH3 is 1. The lowest BCUT2D eigenvalue weighted by Crippen LogP contribution is -2.34. The fourth-order valence-corrected chi connectivity index (χ4v) is 5.41. The predicted octanol–water partition coefficient (Wildman–Crippen LogP) is 3.69. The first-order valence-electron chi connectivity index (χ1n) is 8.68. The fourth-order valence-electron chi connectivity index (χ4n) is 2.81. The van der Waals surface area contributed by atoms with Gasteiger partial charge in [0.1, 0.15) is 0 Å². The molecule has 148 valence electrons. The Hall–Kier alpha value is -0.170. The zero-order valence-corrected chi connectivity index (χ0v) is 17.4. The van der Waals surface area contributed by atoms with Crippen molar-refractivity contribution in [1.29, 1.82) is 0 Å². The van der Waals surface area contributed by atoms with E-state index in [4.69, 9.17) is 37.2 Å². The Labute approximate surface area is 165 Å². The van der Waals surface area contributed by atoms with Gasteiger partial charge in [-0.05, 0) is 12.0 Å². The van der Waals surface area contributed by atoms with Crippen molar-refractivity contribution in [3.8, 4) is 0 Å².